The van der Waals surface area contributed by atoms with Gasteiger partial charge >= 0.3 is 11.7 Å². The molecule has 7 heteroatoms. The molecule has 3 heterocycles. The summed E-state index contributed by atoms with van der Waals surface area (Å²) in [6.45, 7) is 2.15. The largest absolute Gasteiger partial charge is 0.453 e. The van der Waals surface area contributed by atoms with Crippen LogP contribution in [0.1, 0.15) is 28.5 Å². The summed E-state index contributed by atoms with van der Waals surface area (Å²) in [5.41, 5.74) is 2.83. The number of ether oxygens (including phenoxy) is 1. The number of hydrogen-bond acceptors (Lipinski definition) is 4. The van der Waals surface area contributed by atoms with E-state index in [1.54, 1.807) is 7.05 Å². The molecule has 4 rings (SSSR count). The molecule has 0 saturated carbocycles. The zero-order valence-electron chi connectivity index (χ0n) is 14.8. The van der Waals surface area contributed by atoms with Gasteiger partial charge in [-0.3, -0.25) is 4.79 Å². The van der Waals surface area contributed by atoms with Gasteiger partial charge in [0.05, 0.1) is 7.05 Å². The van der Waals surface area contributed by atoms with E-state index in [2.05, 4.69) is 11.9 Å². The predicted octanol–water partition coefficient (Wildman–Crippen LogP) is 0.951. The van der Waals surface area contributed by atoms with Gasteiger partial charge < -0.3 is 4.74 Å². The molecule has 0 radical (unpaired) electrons. The molecule has 0 bridgehead atoms. The van der Waals surface area contributed by atoms with Crippen LogP contribution in [0, 0.1) is 0 Å². The van der Waals surface area contributed by atoms with Crippen LogP contribution in [0.25, 0.3) is 22.2 Å². The van der Waals surface area contributed by atoms with Gasteiger partial charge in [0.2, 0.25) is 0 Å². The SMILES string of the molecule is CCc1ccc(-c2c3c([nH+]c4c2c(=O)n(C)c(=O)n4C)COC3=O)cc1. The lowest BCUT2D eigenvalue weighted by atomic mass is 9.95. The van der Waals surface area contributed by atoms with E-state index in [4.69, 9.17) is 4.74 Å². The van der Waals surface area contributed by atoms with Crippen molar-refractivity contribution in [3.05, 3.63) is 61.9 Å². The first-order valence-corrected chi connectivity index (χ1v) is 8.38. The maximum Gasteiger partial charge on any atom is 0.417 e. The lowest BCUT2D eigenvalue weighted by Crippen LogP contribution is -2.40. The van der Waals surface area contributed by atoms with Gasteiger partial charge in [-0.25, -0.2) is 19.1 Å². The van der Waals surface area contributed by atoms with Crippen molar-refractivity contribution in [2.24, 2.45) is 14.1 Å². The van der Waals surface area contributed by atoms with E-state index in [0.29, 0.717) is 27.9 Å². The Balaban J connectivity index is 2.22. The minimum Gasteiger partial charge on any atom is -0.453 e. The van der Waals surface area contributed by atoms with Crippen molar-refractivity contribution in [3.8, 4) is 11.1 Å². The maximum atomic E-state index is 12.9. The third-order valence-corrected chi connectivity index (χ3v) is 4.94. The fourth-order valence-corrected chi connectivity index (χ4v) is 3.44. The summed E-state index contributed by atoms with van der Waals surface area (Å²) >= 11 is 0. The number of esters is 1. The van der Waals surface area contributed by atoms with Crippen molar-refractivity contribution < 1.29 is 14.5 Å². The number of cyclic esters (lactones) is 1. The van der Waals surface area contributed by atoms with Gasteiger partial charge in [0.25, 0.3) is 11.2 Å². The molecule has 0 atom stereocenters. The summed E-state index contributed by atoms with van der Waals surface area (Å²) in [5, 5.41) is 0.302. The number of hydrogen-bond donors (Lipinski definition) is 0. The minimum absolute atomic E-state index is 0.0908. The zero-order chi connectivity index (χ0) is 18.6. The van der Waals surface area contributed by atoms with Crippen LogP contribution in [0.2, 0.25) is 0 Å². The van der Waals surface area contributed by atoms with Gasteiger partial charge in [0.1, 0.15) is 10.9 Å². The van der Waals surface area contributed by atoms with E-state index in [1.165, 1.54) is 11.6 Å². The fourth-order valence-electron chi connectivity index (χ4n) is 3.44. The van der Waals surface area contributed by atoms with Gasteiger partial charge in [-0.1, -0.05) is 31.2 Å². The van der Waals surface area contributed by atoms with Crippen molar-refractivity contribution in [1.29, 1.82) is 0 Å². The molecule has 1 N–H and O–H groups in total. The second-order valence-electron chi connectivity index (χ2n) is 6.41. The Kier molecular flexibility index (Phi) is 3.54. The summed E-state index contributed by atoms with van der Waals surface area (Å²) in [6.07, 6.45) is 0.889. The van der Waals surface area contributed by atoms with Crippen molar-refractivity contribution >= 4 is 17.0 Å². The van der Waals surface area contributed by atoms with Crippen molar-refractivity contribution in [3.63, 3.8) is 0 Å². The third-order valence-electron chi connectivity index (χ3n) is 4.94. The van der Waals surface area contributed by atoms with Crippen molar-refractivity contribution in [1.82, 2.24) is 9.13 Å². The topological polar surface area (TPSA) is 84.4 Å². The van der Waals surface area contributed by atoms with Crippen LogP contribution < -0.4 is 16.2 Å². The fraction of sp³-hybridized carbons (Fsp3) is 0.263. The number of fused-ring (bicyclic) bond motifs is 2. The standard InChI is InChI=1S/C19H17N3O4/c1-4-10-5-7-11(8-6-10)13-14-12(9-26-18(14)24)20-16-15(13)17(23)22(3)19(25)21(16)2/h5-8H,4,9H2,1-3H3/p+1. The number of aromatic amines is 1. The Morgan fingerprint density at radius 2 is 1.73 bits per heavy atom. The summed E-state index contributed by atoms with van der Waals surface area (Å²) in [6, 6.07) is 7.72. The number of nitrogens with zero attached hydrogens (tertiary/aromatic N) is 2. The maximum absolute atomic E-state index is 12.9. The molecule has 26 heavy (non-hydrogen) atoms. The number of benzene rings is 1. The van der Waals surface area contributed by atoms with Crippen LogP contribution in [0.4, 0.5) is 0 Å². The highest BCUT2D eigenvalue weighted by Crippen LogP contribution is 2.33. The first-order valence-electron chi connectivity index (χ1n) is 8.38. The Morgan fingerprint density at radius 1 is 1.04 bits per heavy atom. The van der Waals surface area contributed by atoms with E-state index >= 15 is 0 Å². The Bertz CT molecular complexity index is 1190. The molecule has 1 aliphatic rings. The van der Waals surface area contributed by atoms with Crippen LogP contribution >= 0.6 is 0 Å². The molecule has 3 aromatic rings. The van der Waals surface area contributed by atoms with Crippen molar-refractivity contribution in [2.45, 2.75) is 20.0 Å². The second-order valence-corrected chi connectivity index (χ2v) is 6.41. The molecule has 0 unspecified atom stereocenters. The number of rotatable bonds is 2. The Morgan fingerprint density at radius 3 is 2.38 bits per heavy atom. The minimum atomic E-state index is -0.469. The highest BCUT2D eigenvalue weighted by Gasteiger charge is 2.34. The molecule has 0 amide bonds. The Hall–Kier alpha value is -3.22. The number of carbonyl (C=O) groups is 1. The molecule has 1 aliphatic heterocycles. The molecular weight excluding hydrogens is 334 g/mol. The molecule has 0 saturated heterocycles. The highest BCUT2D eigenvalue weighted by atomic mass is 16.5. The number of pyridine rings is 1. The second kappa shape index (κ2) is 5.66. The summed E-state index contributed by atoms with van der Waals surface area (Å²) in [5.74, 6) is -0.469. The summed E-state index contributed by atoms with van der Waals surface area (Å²) in [4.78, 5) is 40.6. The molecule has 0 spiro atoms. The number of aryl methyl sites for hydroxylation is 2. The van der Waals surface area contributed by atoms with Crippen molar-refractivity contribution in [2.75, 3.05) is 0 Å². The molecule has 132 valence electrons. The van der Waals surface area contributed by atoms with Gasteiger partial charge in [-0.2, -0.15) is 4.57 Å². The van der Waals surface area contributed by atoms with E-state index < -0.39 is 17.2 Å². The van der Waals surface area contributed by atoms with Gasteiger partial charge in [0.15, 0.2) is 12.3 Å². The third kappa shape index (κ3) is 2.13. The van der Waals surface area contributed by atoms with E-state index in [-0.39, 0.29) is 6.61 Å². The van der Waals surface area contributed by atoms with Crippen LogP contribution in [-0.2, 0) is 31.9 Å². The average Bonchev–Trinajstić information content (AvgIpc) is 3.04. The zero-order valence-corrected chi connectivity index (χ0v) is 14.8. The Labute approximate surface area is 148 Å². The highest BCUT2D eigenvalue weighted by molar-refractivity contribution is 6.07. The molecule has 2 aromatic heterocycles. The first-order chi connectivity index (χ1) is 12.4. The lowest BCUT2D eigenvalue weighted by Gasteiger charge is -2.10. The van der Waals surface area contributed by atoms with Crippen LogP contribution in [-0.4, -0.2) is 15.1 Å². The molecule has 0 fully saturated rings. The van der Waals surface area contributed by atoms with Crippen LogP contribution in [0.3, 0.4) is 0 Å². The number of nitrogens with one attached hydrogen (secondary N) is 1. The van der Waals surface area contributed by atoms with Gasteiger partial charge in [0, 0.05) is 12.6 Å². The molecule has 0 aliphatic carbocycles. The van der Waals surface area contributed by atoms with E-state index in [0.717, 1.165) is 22.1 Å². The number of carbonyl (C=O) groups excluding carboxylic acids is 1. The smallest absolute Gasteiger partial charge is 0.417 e. The molecular formula is C19H18N3O4+. The normalized spacial score (nSPS) is 13.1. The van der Waals surface area contributed by atoms with Gasteiger partial charge in [-0.15, -0.1) is 0 Å². The number of aromatic nitrogens is 3. The summed E-state index contributed by atoms with van der Waals surface area (Å²) in [7, 11) is 3.02. The van der Waals surface area contributed by atoms with E-state index in [9.17, 15) is 14.4 Å². The quantitative estimate of drug-likeness (QED) is 0.643. The average molecular weight is 352 g/mol. The van der Waals surface area contributed by atoms with Gasteiger partial charge in [-0.05, 0) is 17.5 Å². The van der Waals surface area contributed by atoms with E-state index in [1.807, 2.05) is 24.3 Å². The summed E-state index contributed by atoms with van der Waals surface area (Å²) < 4.78 is 7.60. The lowest BCUT2D eigenvalue weighted by molar-refractivity contribution is -0.365. The number of H-pyrrole nitrogens is 1. The van der Waals surface area contributed by atoms with Crippen LogP contribution in [0.15, 0.2) is 33.9 Å². The molecule has 7 nitrogen and oxygen atoms in total. The first kappa shape index (κ1) is 16.3. The monoisotopic (exact) mass is 352 g/mol. The predicted molar refractivity (Wildman–Crippen MR) is 94.9 cm³/mol. The molecule has 1 aromatic carbocycles. The van der Waals surface area contributed by atoms with Crippen LogP contribution in [0.5, 0.6) is 0 Å².